The fourth-order valence-corrected chi connectivity index (χ4v) is 2.30. The van der Waals surface area contributed by atoms with E-state index < -0.39 is 0 Å². The summed E-state index contributed by atoms with van der Waals surface area (Å²) in [5, 5.41) is 0. The predicted molar refractivity (Wildman–Crippen MR) is 97.8 cm³/mol. The first-order chi connectivity index (χ1) is 11.0. The fraction of sp³-hybridized carbons (Fsp3) is 0.429. The topological polar surface area (TPSA) is 39.2 Å². The van der Waals surface area contributed by atoms with Gasteiger partial charge >= 0.3 is 5.97 Å². The Hall–Kier alpha value is -2.16. The van der Waals surface area contributed by atoms with E-state index in [0.717, 1.165) is 17.0 Å². The Balaban J connectivity index is 2.43. The molecule has 2 aromatic rings. The van der Waals surface area contributed by atoms with E-state index in [1.54, 1.807) is 6.07 Å². The van der Waals surface area contributed by atoms with Gasteiger partial charge in [-0.3, -0.25) is 4.98 Å². The van der Waals surface area contributed by atoms with Crippen molar-refractivity contribution in [1.29, 1.82) is 0 Å². The summed E-state index contributed by atoms with van der Waals surface area (Å²) >= 11 is 0. The highest BCUT2D eigenvalue weighted by molar-refractivity contribution is 5.92. The molecule has 0 bridgehead atoms. The van der Waals surface area contributed by atoms with Crippen LogP contribution in [0.3, 0.4) is 0 Å². The largest absolute Gasteiger partial charge is 0.423 e. The number of esters is 1. The molecule has 3 nitrogen and oxygen atoms in total. The number of rotatable bonds is 2. The van der Waals surface area contributed by atoms with Gasteiger partial charge in [-0.1, -0.05) is 59.7 Å². The number of carbonyl (C=O) groups excluding carboxylic acids is 1. The monoisotopic (exact) mass is 325 g/mol. The molecule has 2 rings (SSSR count). The average molecular weight is 325 g/mol. The van der Waals surface area contributed by atoms with Crippen LogP contribution in [0.1, 0.15) is 68.9 Å². The highest BCUT2D eigenvalue weighted by atomic mass is 16.5. The van der Waals surface area contributed by atoms with Gasteiger partial charge < -0.3 is 4.74 Å². The predicted octanol–water partition coefficient (Wildman–Crippen LogP) is 5.20. The van der Waals surface area contributed by atoms with Crippen LogP contribution in [0.25, 0.3) is 0 Å². The molecule has 0 spiro atoms. The summed E-state index contributed by atoms with van der Waals surface area (Å²) in [6.07, 6.45) is 0. The third-order valence-corrected chi connectivity index (χ3v) is 3.91. The number of ether oxygens (including phenoxy) is 1. The maximum Gasteiger partial charge on any atom is 0.343 e. The lowest BCUT2D eigenvalue weighted by Crippen LogP contribution is -2.21. The van der Waals surface area contributed by atoms with Crippen LogP contribution >= 0.6 is 0 Å². The maximum absolute atomic E-state index is 12.5. The molecule has 0 aliphatic rings. The smallest absolute Gasteiger partial charge is 0.343 e. The van der Waals surface area contributed by atoms with Crippen molar-refractivity contribution in [2.45, 2.75) is 59.3 Å². The number of aromatic nitrogens is 1. The molecule has 1 aromatic heterocycles. The normalized spacial score (nSPS) is 12.1. The molecule has 0 radical (unpaired) electrons. The van der Waals surface area contributed by atoms with Crippen LogP contribution in [-0.2, 0) is 10.8 Å². The van der Waals surface area contributed by atoms with Crippen LogP contribution in [0.2, 0.25) is 0 Å². The summed E-state index contributed by atoms with van der Waals surface area (Å²) in [4.78, 5) is 17.3. The van der Waals surface area contributed by atoms with Gasteiger partial charge in [0.2, 0.25) is 0 Å². The Kier molecular flexibility index (Phi) is 4.84. The van der Waals surface area contributed by atoms with Gasteiger partial charge in [0.05, 0.1) is 5.56 Å². The molecule has 0 saturated carbocycles. The van der Waals surface area contributed by atoms with Gasteiger partial charge in [-0.05, 0) is 18.6 Å². The fourth-order valence-electron chi connectivity index (χ4n) is 2.30. The average Bonchev–Trinajstić information content (AvgIpc) is 2.45. The van der Waals surface area contributed by atoms with Crippen LogP contribution in [0.5, 0.6) is 5.75 Å². The second-order valence-corrected chi connectivity index (χ2v) is 8.28. The minimum absolute atomic E-state index is 0.120. The lowest BCUT2D eigenvalue weighted by molar-refractivity contribution is 0.0733. The number of hydrogen-bond donors (Lipinski definition) is 0. The van der Waals surface area contributed by atoms with Crippen molar-refractivity contribution in [3.05, 3.63) is 58.9 Å². The first-order valence-electron chi connectivity index (χ1n) is 8.29. The van der Waals surface area contributed by atoms with E-state index in [1.165, 1.54) is 0 Å². The van der Waals surface area contributed by atoms with E-state index in [-0.39, 0.29) is 16.8 Å². The van der Waals surface area contributed by atoms with E-state index >= 15 is 0 Å². The third-order valence-electron chi connectivity index (χ3n) is 3.91. The SMILES string of the molecule is Cc1ccccc1C(=O)Oc1cc(C(C)(C)C)nc(C(C)(C)C)c1. The van der Waals surface area contributed by atoms with Crippen LogP contribution < -0.4 is 4.74 Å². The quantitative estimate of drug-likeness (QED) is 0.712. The molecule has 0 N–H and O–H groups in total. The van der Waals surface area contributed by atoms with E-state index in [2.05, 4.69) is 41.5 Å². The lowest BCUT2D eigenvalue weighted by Gasteiger charge is -2.24. The van der Waals surface area contributed by atoms with Crippen LogP contribution in [0.4, 0.5) is 0 Å². The second-order valence-electron chi connectivity index (χ2n) is 8.28. The van der Waals surface area contributed by atoms with Gasteiger partial charge in [-0.25, -0.2) is 4.79 Å². The molecule has 0 atom stereocenters. The minimum Gasteiger partial charge on any atom is -0.423 e. The van der Waals surface area contributed by atoms with Gasteiger partial charge in [-0.15, -0.1) is 0 Å². The Morgan fingerprint density at radius 2 is 1.42 bits per heavy atom. The van der Waals surface area contributed by atoms with Gasteiger partial charge in [0.15, 0.2) is 0 Å². The van der Waals surface area contributed by atoms with Crippen LogP contribution in [-0.4, -0.2) is 11.0 Å². The summed E-state index contributed by atoms with van der Waals surface area (Å²) in [6, 6.07) is 11.2. The zero-order chi connectivity index (χ0) is 18.1. The van der Waals surface area contributed by atoms with Gasteiger partial charge in [-0.2, -0.15) is 0 Å². The molecule has 128 valence electrons. The van der Waals surface area contributed by atoms with Crippen molar-refractivity contribution in [2.24, 2.45) is 0 Å². The molecule has 0 saturated heterocycles. The van der Waals surface area contributed by atoms with E-state index in [1.807, 2.05) is 37.3 Å². The van der Waals surface area contributed by atoms with Crippen molar-refractivity contribution < 1.29 is 9.53 Å². The third kappa shape index (κ3) is 4.22. The number of carbonyl (C=O) groups is 1. The molecule has 24 heavy (non-hydrogen) atoms. The van der Waals surface area contributed by atoms with E-state index in [0.29, 0.717) is 11.3 Å². The number of pyridine rings is 1. The highest BCUT2D eigenvalue weighted by Crippen LogP contribution is 2.30. The highest BCUT2D eigenvalue weighted by Gasteiger charge is 2.23. The molecular formula is C21H27NO2. The van der Waals surface area contributed by atoms with Crippen molar-refractivity contribution in [2.75, 3.05) is 0 Å². The Morgan fingerprint density at radius 3 is 1.88 bits per heavy atom. The first-order valence-corrected chi connectivity index (χ1v) is 8.29. The molecule has 3 heteroatoms. The Labute approximate surface area is 145 Å². The number of benzene rings is 1. The molecule has 1 heterocycles. The molecule has 0 unspecified atom stereocenters. The van der Waals surface area contributed by atoms with Crippen molar-refractivity contribution in [3.8, 4) is 5.75 Å². The van der Waals surface area contributed by atoms with Crippen molar-refractivity contribution >= 4 is 5.97 Å². The number of hydrogen-bond acceptors (Lipinski definition) is 3. The zero-order valence-corrected chi connectivity index (χ0v) is 15.7. The van der Waals surface area contributed by atoms with Crippen LogP contribution in [0, 0.1) is 6.92 Å². The summed E-state index contributed by atoms with van der Waals surface area (Å²) in [7, 11) is 0. The van der Waals surface area contributed by atoms with Gasteiger partial charge in [0, 0.05) is 34.4 Å². The molecule has 0 aliphatic carbocycles. The van der Waals surface area contributed by atoms with Crippen molar-refractivity contribution in [1.82, 2.24) is 4.98 Å². The Morgan fingerprint density at radius 1 is 0.917 bits per heavy atom. The number of aryl methyl sites for hydroxylation is 1. The van der Waals surface area contributed by atoms with E-state index in [9.17, 15) is 4.79 Å². The van der Waals surface area contributed by atoms with Crippen molar-refractivity contribution in [3.63, 3.8) is 0 Å². The standard InChI is InChI=1S/C21H27NO2/c1-14-10-8-9-11-16(14)19(23)24-15-12-17(20(2,3)4)22-18(13-15)21(5,6)7/h8-13H,1-7H3. The number of nitrogens with zero attached hydrogens (tertiary/aromatic N) is 1. The summed E-state index contributed by atoms with van der Waals surface area (Å²) in [6.45, 7) is 14.5. The first kappa shape index (κ1) is 18.2. The minimum atomic E-state index is -0.334. The summed E-state index contributed by atoms with van der Waals surface area (Å²) < 4.78 is 5.67. The molecule has 1 aromatic carbocycles. The Bertz CT molecular complexity index is 717. The van der Waals surface area contributed by atoms with Crippen LogP contribution in [0.15, 0.2) is 36.4 Å². The second kappa shape index (κ2) is 6.39. The molecule has 0 amide bonds. The summed E-state index contributed by atoms with van der Waals surface area (Å²) in [5.41, 5.74) is 3.09. The summed E-state index contributed by atoms with van der Waals surface area (Å²) in [5.74, 6) is 0.215. The lowest BCUT2D eigenvalue weighted by atomic mass is 9.87. The molecule has 0 aliphatic heterocycles. The zero-order valence-electron chi connectivity index (χ0n) is 15.7. The van der Waals surface area contributed by atoms with Gasteiger partial charge in [0.25, 0.3) is 0 Å². The van der Waals surface area contributed by atoms with Gasteiger partial charge in [0.1, 0.15) is 5.75 Å². The molecule has 0 fully saturated rings. The van der Waals surface area contributed by atoms with E-state index in [4.69, 9.17) is 9.72 Å². The maximum atomic E-state index is 12.5. The molecular weight excluding hydrogens is 298 g/mol.